The molecule has 4 aromatic rings. The Morgan fingerprint density at radius 3 is 2.77 bits per heavy atom. The largest absolute Gasteiger partial charge is 0.324 e. The number of aromatic nitrogens is 4. The Morgan fingerprint density at radius 2 is 2.00 bits per heavy atom. The second-order valence-corrected chi connectivity index (χ2v) is 8.38. The molecule has 9 heteroatoms. The quantitative estimate of drug-likeness (QED) is 0.494. The van der Waals surface area contributed by atoms with E-state index in [9.17, 15) is 14.0 Å². The molecule has 1 N–H and O–H groups in total. The molecule has 0 fully saturated rings. The molecule has 2 aromatic carbocycles. The lowest BCUT2D eigenvalue weighted by Gasteiger charge is -2.13. The predicted octanol–water partition coefficient (Wildman–Crippen LogP) is 3.71. The minimum atomic E-state index is -0.499. The summed E-state index contributed by atoms with van der Waals surface area (Å²) in [6, 6.07) is 13.4. The van der Waals surface area contributed by atoms with Gasteiger partial charge in [-0.15, -0.1) is 0 Å². The fourth-order valence-corrected chi connectivity index (χ4v) is 4.76. The Kier molecular flexibility index (Phi) is 4.82. The minimum absolute atomic E-state index is 0.0491. The van der Waals surface area contributed by atoms with Crippen LogP contribution in [0.3, 0.4) is 0 Å². The van der Waals surface area contributed by atoms with Gasteiger partial charge in [-0.1, -0.05) is 41.6 Å². The highest BCUT2D eigenvalue weighted by Crippen LogP contribution is 2.33. The Balaban J connectivity index is 1.45. The van der Waals surface area contributed by atoms with E-state index in [1.165, 1.54) is 30.1 Å². The third kappa shape index (κ3) is 3.50. The summed E-state index contributed by atoms with van der Waals surface area (Å²) in [5.74, 6) is -0.315. The molecular weight excluding hydrogens is 417 g/mol. The summed E-state index contributed by atoms with van der Waals surface area (Å²) in [5, 5.41) is 7.88. The maximum atomic E-state index is 13.8. The van der Waals surface area contributed by atoms with E-state index in [1.807, 2.05) is 31.2 Å². The molecule has 0 saturated heterocycles. The summed E-state index contributed by atoms with van der Waals surface area (Å²) >= 11 is 1.42. The number of fused-ring (bicyclic) bond motifs is 2. The molecule has 0 aliphatic carbocycles. The molecule has 0 spiro atoms. The van der Waals surface area contributed by atoms with E-state index in [0.717, 1.165) is 11.3 Å². The Morgan fingerprint density at radius 1 is 1.23 bits per heavy atom. The summed E-state index contributed by atoms with van der Waals surface area (Å²) in [6.45, 7) is 2.00. The number of carbonyl (C=O) groups is 1. The number of thioether (sulfide) groups is 1. The number of amides is 1. The van der Waals surface area contributed by atoms with Crippen molar-refractivity contribution in [2.45, 2.75) is 24.5 Å². The molecular formula is C22H18FN5O2S. The van der Waals surface area contributed by atoms with Gasteiger partial charge >= 0.3 is 0 Å². The smallest absolute Gasteiger partial charge is 0.265 e. The highest BCUT2D eigenvalue weighted by molar-refractivity contribution is 7.99. The molecule has 1 aliphatic heterocycles. The van der Waals surface area contributed by atoms with Crippen molar-refractivity contribution in [2.75, 3.05) is 11.1 Å². The first kappa shape index (κ1) is 19.5. The van der Waals surface area contributed by atoms with Gasteiger partial charge in [-0.3, -0.25) is 14.2 Å². The van der Waals surface area contributed by atoms with Gasteiger partial charge in [0.05, 0.1) is 23.6 Å². The third-order valence-electron chi connectivity index (χ3n) is 5.22. The molecule has 3 heterocycles. The molecule has 1 unspecified atom stereocenters. The van der Waals surface area contributed by atoms with Crippen LogP contribution in [0.1, 0.15) is 18.0 Å². The van der Waals surface area contributed by atoms with Crippen LogP contribution in [0.4, 0.5) is 10.1 Å². The van der Waals surface area contributed by atoms with Gasteiger partial charge in [0.15, 0.2) is 10.8 Å². The Hall–Kier alpha value is -3.46. The number of hydrogen-bond donors (Lipinski definition) is 1. The van der Waals surface area contributed by atoms with Crippen molar-refractivity contribution in [3.05, 3.63) is 76.5 Å². The maximum absolute atomic E-state index is 13.8. The van der Waals surface area contributed by atoms with Crippen molar-refractivity contribution >= 4 is 34.4 Å². The van der Waals surface area contributed by atoms with E-state index < -0.39 is 5.82 Å². The number of benzene rings is 2. The fraction of sp³-hybridized carbons (Fsp3) is 0.182. The van der Waals surface area contributed by atoms with Gasteiger partial charge in [0.2, 0.25) is 5.91 Å². The number of carbonyl (C=O) groups excluding carboxylic acids is 1. The van der Waals surface area contributed by atoms with Crippen LogP contribution in [-0.2, 0) is 4.79 Å². The molecule has 7 nitrogen and oxygen atoms in total. The third-order valence-corrected chi connectivity index (χ3v) is 6.32. The predicted molar refractivity (Wildman–Crippen MR) is 117 cm³/mol. The summed E-state index contributed by atoms with van der Waals surface area (Å²) in [4.78, 5) is 30.3. The van der Waals surface area contributed by atoms with Crippen LogP contribution in [-0.4, -0.2) is 31.0 Å². The number of halogens is 1. The minimum Gasteiger partial charge on any atom is -0.324 e. The van der Waals surface area contributed by atoms with Crippen molar-refractivity contribution < 1.29 is 9.18 Å². The monoisotopic (exact) mass is 435 g/mol. The Labute approximate surface area is 180 Å². The van der Waals surface area contributed by atoms with Crippen molar-refractivity contribution in [1.82, 2.24) is 19.3 Å². The van der Waals surface area contributed by atoms with Gasteiger partial charge in [0.25, 0.3) is 5.56 Å². The lowest BCUT2D eigenvalue weighted by Crippen LogP contribution is -2.27. The summed E-state index contributed by atoms with van der Waals surface area (Å²) < 4.78 is 17.0. The topological polar surface area (TPSA) is 81.8 Å². The van der Waals surface area contributed by atoms with Crippen LogP contribution >= 0.6 is 11.8 Å². The summed E-state index contributed by atoms with van der Waals surface area (Å²) in [5.41, 5.74) is 2.33. The van der Waals surface area contributed by atoms with Crippen LogP contribution < -0.4 is 10.9 Å². The maximum Gasteiger partial charge on any atom is 0.265 e. The van der Waals surface area contributed by atoms with Crippen LogP contribution in [0.5, 0.6) is 0 Å². The lowest BCUT2D eigenvalue weighted by atomic mass is 10.2. The van der Waals surface area contributed by atoms with Crippen molar-refractivity contribution in [2.24, 2.45) is 0 Å². The van der Waals surface area contributed by atoms with Crippen LogP contribution in [0, 0.1) is 12.7 Å². The molecule has 1 aliphatic rings. The number of nitrogens with zero attached hydrogens (tertiary/aromatic N) is 4. The fourth-order valence-electron chi connectivity index (χ4n) is 3.63. The van der Waals surface area contributed by atoms with Gasteiger partial charge in [-0.05, 0) is 31.2 Å². The molecule has 31 heavy (non-hydrogen) atoms. The number of rotatable bonds is 4. The molecule has 156 valence electrons. The highest BCUT2D eigenvalue weighted by atomic mass is 32.2. The van der Waals surface area contributed by atoms with E-state index in [2.05, 4.69) is 15.4 Å². The molecule has 0 bridgehead atoms. The highest BCUT2D eigenvalue weighted by Gasteiger charge is 2.29. The number of para-hydroxylation sites is 1. The summed E-state index contributed by atoms with van der Waals surface area (Å²) in [6.07, 6.45) is 1.56. The number of hydrogen-bond acceptors (Lipinski definition) is 5. The molecule has 1 atom stereocenters. The van der Waals surface area contributed by atoms with Crippen molar-refractivity contribution in [3.63, 3.8) is 0 Å². The molecule has 0 saturated carbocycles. The van der Waals surface area contributed by atoms with Gasteiger partial charge < -0.3 is 5.32 Å². The number of anilines is 1. The zero-order chi connectivity index (χ0) is 21.5. The first-order valence-electron chi connectivity index (χ1n) is 9.76. The molecule has 1 amide bonds. The van der Waals surface area contributed by atoms with Crippen molar-refractivity contribution in [1.29, 1.82) is 0 Å². The number of aryl methyl sites for hydroxylation is 1. The van der Waals surface area contributed by atoms with Gasteiger partial charge in [0, 0.05) is 12.2 Å². The standard InChI is InChI=1S/C22H18FN5O2S/c1-13-6-8-14(9-7-13)28-20-16(11-24-28)21(30)27-15(12-31-22(27)26-20)10-19(29)25-18-5-3-2-4-17(18)23/h2-9,11,15H,10,12H2,1H3,(H,25,29). The molecule has 0 radical (unpaired) electrons. The van der Waals surface area contributed by atoms with Gasteiger partial charge in [0.1, 0.15) is 11.2 Å². The lowest BCUT2D eigenvalue weighted by molar-refractivity contribution is -0.116. The Bertz CT molecular complexity index is 1360. The number of nitrogens with one attached hydrogen (secondary N) is 1. The first-order chi connectivity index (χ1) is 15.0. The molecule has 2 aromatic heterocycles. The van der Waals surface area contributed by atoms with Gasteiger partial charge in [-0.2, -0.15) is 5.10 Å². The SMILES string of the molecule is Cc1ccc(-n2ncc3c(=O)n4c(nc32)SCC4CC(=O)Nc2ccccc2F)cc1. The van der Waals surface area contributed by atoms with E-state index in [-0.39, 0.29) is 29.6 Å². The first-order valence-corrected chi connectivity index (χ1v) is 10.7. The second-order valence-electron chi connectivity index (χ2n) is 7.40. The molecule has 5 rings (SSSR count). The summed E-state index contributed by atoms with van der Waals surface area (Å²) in [7, 11) is 0. The van der Waals surface area contributed by atoms with E-state index in [0.29, 0.717) is 21.9 Å². The van der Waals surface area contributed by atoms with Crippen molar-refractivity contribution in [3.8, 4) is 5.69 Å². The van der Waals surface area contributed by atoms with E-state index in [4.69, 9.17) is 0 Å². The van der Waals surface area contributed by atoms with E-state index >= 15 is 0 Å². The van der Waals surface area contributed by atoms with Crippen LogP contribution in [0.25, 0.3) is 16.7 Å². The zero-order valence-corrected chi connectivity index (χ0v) is 17.4. The average Bonchev–Trinajstić information content (AvgIpc) is 3.35. The normalized spacial score (nSPS) is 15.2. The zero-order valence-electron chi connectivity index (χ0n) is 16.6. The van der Waals surface area contributed by atoms with Crippen LogP contribution in [0.15, 0.2) is 64.7 Å². The average molecular weight is 435 g/mol. The van der Waals surface area contributed by atoms with E-state index in [1.54, 1.807) is 21.4 Å². The second kappa shape index (κ2) is 7.66. The van der Waals surface area contributed by atoms with Gasteiger partial charge in [-0.25, -0.2) is 14.1 Å². The van der Waals surface area contributed by atoms with Crippen LogP contribution in [0.2, 0.25) is 0 Å².